The Hall–Kier alpha value is -0.480. The van der Waals surface area contributed by atoms with E-state index >= 15 is 0 Å². The van der Waals surface area contributed by atoms with Crippen molar-refractivity contribution in [3.05, 3.63) is 10.0 Å². The number of rotatable bonds is 2. The largest absolute Gasteiger partial charge is 0.322 e. The third-order valence-corrected chi connectivity index (χ3v) is 3.06. The van der Waals surface area contributed by atoms with E-state index in [0.29, 0.717) is 5.92 Å². The molecule has 2 N–H and O–H groups in total. The molecular formula is C7H11N3S. The van der Waals surface area contributed by atoms with E-state index in [-0.39, 0.29) is 6.04 Å². The number of nitrogens with zero attached hydrogens (tertiary/aromatic N) is 2. The summed E-state index contributed by atoms with van der Waals surface area (Å²) in [5.74, 6) is 0.708. The highest BCUT2D eigenvalue weighted by atomic mass is 32.1. The predicted molar refractivity (Wildman–Crippen MR) is 44.5 cm³/mol. The average molecular weight is 169 g/mol. The van der Waals surface area contributed by atoms with Crippen molar-refractivity contribution in [2.24, 2.45) is 5.73 Å². The minimum atomic E-state index is 0.0417. The standard InChI is InChI=1S/C7H11N3S/c1-4(8)6-9-10-7(11-6)5-2-3-5/h4-5H,2-3,8H2,1H3. The van der Waals surface area contributed by atoms with Crippen LogP contribution in [0.2, 0.25) is 0 Å². The Balaban J connectivity index is 2.18. The first-order valence-electron chi connectivity index (χ1n) is 3.86. The molecule has 0 radical (unpaired) electrons. The minimum absolute atomic E-state index is 0.0417. The normalized spacial score (nSPS) is 20.2. The summed E-state index contributed by atoms with van der Waals surface area (Å²) in [6.45, 7) is 1.94. The molecule has 1 aromatic rings. The van der Waals surface area contributed by atoms with E-state index in [2.05, 4.69) is 10.2 Å². The van der Waals surface area contributed by atoms with Gasteiger partial charge in [0, 0.05) is 5.92 Å². The van der Waals surface area contributed by atoms with Gasteiger partial charge in [-0.15, -0.1) is 10.2 Å². The predicted octanol–water partition coefficient (Wildman–Crippen LogP) is 1.44. The lowest BCUT2D eigenvalue weighted by Gasteiger charge is -1.93. The molecule has 3 nitrogen and oxygen atoms in total. The van der Waals surface area contributed by atoms with E-state index in [1.54, 1.807) is 11.3 Å². The Kier molecular flexibility index (Phi) is 1.65. The highest BCUT2D eigenvalue weighted by molar-refractivity contribution is 7.11. The third kappa shape index (κ3) is 1.41. The molecule has 1 unspecified atom stereocenters. The van der Waals surface area contributed by atoms with Crippen LogP contribution in [-0.4, -0.2) is 10.2 Å². The monoisotopic (exact) mass is 169 g/mol. The van der Waals surface area contributed by atoms with Crippen LogP contribution in [0.1, 0.15) is 41.7 Å². The van der Waals surface area contributed by atoms with Gasteiger partial charge in [-0.3, -0.25) is 0 Å². The molecule has 1 aliphatic rings. The molecule has 1 aliphatic carbocycles. The topological polar surface area (TPSA) is 51.8 Å². The summed E-state index contributed by atoms with van der Waals surface area (Å²) in [7, 11) is 0. The number of nitrogens with two attached hydrogens (primary N) is 1. The molecule has 0 bridgehead atoms. The second-order valence-electron chi connectivity index (χ2n) is 3.04. The Morgan fingerprint density at radius 1 is 1.55 bits per heavy atom. The molecule has 0 spiro atoms. The van der Waals surface area contributed by atoms with Gasteiger partial charge in [0.05, 0.1) is 6.04 Å². The molecule has 1 saturated carbocycles. The summed E-state index contributed by atoms with van der Waals surface area (Å²) in [6, 6.07) is 0.0417. The number of aromatic nitrogens is 2. The van der Waals surface area contributed by atoms with Crippen LogP contribution in [0.5, 0.6) is 0 Å². The molecule has 0 aliphatic heterocycles. The van der Waals surface area contributed by atoms with Gasteiger partial charge < -0.3 is 5.73 Å². The molecule has 0 saturated heterocycles. The molecule has 0 aromatic carbocycles. The van der Waals surface area contributed by atoms with Gasteiger partial charge >= 0.3 is 0 Å². The first kappa shape index (κ1) is 7.18. The van der Waals surface area contributed by atoms with E-state index < -0.39 is 0 Å². The molecule has 11 heavy (non-hydrogen) atoms. The average Bonchev–Trinajstić information content (AvgIpc) is 2.68. The Morgan fingerprint density at radius 2 is 2.27 bits per heavy atom. The van der Waals surface area contributed by atoms with E-state index in [1.165, 1.54) is 17.8 Å². The van der Waals surface area contributed by atoms with Crippen molar-refractivity contribution < 1.29 is 0 Å². The highest BCUT2D eigenvalue weighted by Gasteiger charge is 2.27. The summed E-state index contributed by atoms with van der Waals surface area (Å²) in [4.78, 5) is 0. The zero-order chi connectivity index (χ0) is 7.84. The SMILES string of the molecule is CC(N)c1nnc(C2CC2)s1. The van der Waals surface area contributed by atoms with Gasteiger partial charge in [0.1, 0.15) is 10.0 Å². The van der Waals surface area contributed by atoms with Crippen molar-refractivity contribution in [2.75, 3.05) is 0 Å². The smallest absolute Gasteiger partial charge is 0.133 e. The number of hydrogen-bond acceptors (Lipinski definition) is 4. The van der Waals surface area contributed by atoms with Crippen LogP contribution in [0.25, 0.3) is 0 Å². The Morgan fingerprint density at radius 3 is 2.73 bits per heavy atom. The summed E-state index contributed by atoms with van der Waals surface area (Å²) in [5.41, 5.74) is 5.66. The maximum Gasteiger partial charge on any atom is 0.133 e. The van der Waals surface area contributed by atoms with Crippen molar-refractivity contribution in [2.45, 2.75) is 31.7 Å². The zero-order valence-electron chi connectivity index (χ0n) is 6.45. The minimum Gasteiger partial charge on any atom is -0.322 e. The van der Waals surface area contributed by atoms with Crippen molar-refractivity contribution in [3.63, 3.8) is 0 Å². The van der Waals surface area contributed by atoms with Gasteiger partial charge in [-0.2, -0.15) is 0 Å². The molecule has 0 amide bonds. The van der Waals surface area contributed by atoms with Gasteiger partial charge in [0.15, 0.2) is 0 Å². The first-order valence-corrected chi connectivity index (χ1v) is 4.68. The van der Waals surface area contributed by atoms with Gasteiger partial charge in [-0.1, -0.05) is 11.3 Å². The fourth-order valence-corrected chi connectivity index (χ4v) is 1.89. The van der Waals surface area contributed by atoms with Gasteiger partial charge in [0.25, 0.3) is 0 Å². The number of hydrogen-bond donors (Lipinski definition) is 1. The molecular weight excluding hydrogens is 158 g/mol. The van der Waals surface area contributed by atoms with Crippen LogP contribution in [0.3, 0.4) is 0 Å². The molecule has 1 heterocycles. The van der Waals surface area contributed by atoms with Crippen molar-refractivity contribution in [1.29, 1.82) is 0 Å². The Bertz CT molecular complexity index is 235. The summed E-state index contributed by atoms with van der Waals surface area (Å²) in [6.07, 6.45) is 2.57. The molecule has 2 rings (SSSR count). The van der Waals surface area contributed by atoms with Gasteiger partial charge in [-0.05, 0) is 19.8 Å². The van der Waals surface area contributed by atoms with Crippen LogP contribution < -0.4 is 5.73 Å². The third-order valence-electron chi connectivity index (χ3n) is 1.77. The zero-order valence-corrected chi connectivity index (χ0v) is 7.27. The lowest BCUT2D eigenvalue weighted by atomic mass is 10.4. The van der Waals surface area contributed by atoms with E-state index in [0.717, 1.165) is 5.01 Å². The van der Waals surface area contributed by atoms with Gasteiger partial charge in [0.2, 0.25) is 0 Å². The summed E-state index contributed by atoms with van der Waals surface area (Å²) < 4.78 is 0. The fraction of sp³-hybridized carbons (Fsp3) is 0.714. The van der Waals surface area contributed by atoms with Crippen molar-refractivity contribution in [1.82, 2.24) is 10.2 Å². The van der Waals surface area contributed by atoms with Crippen LogP contribution in [0.4, 0.5) is 0 Å². The van der Waals surface area contributed by atoms with Crippen LogP contribution in [0.15, 0.2) is 0 Å². The van der Waals surface area contributed by atoms with E-state index in [9.17, 15) is 0 Å². The van der Waals surface area contributed by atoms with E-state index in [1.807, 2.05) is 6.92 Å². The van der Waals surface area contributed by atoms with E-state index in [4.69, 9.17) is 5.73 Å². The Labute approximate surface area is 69.6 Å². The molecule has 1 fully saturated rings. The summed E-state index contributed by atoms with van der Waals surface area (Å²) in [5, 5.41) is 10.3. The quantitative estimate of drug-likeness (QED) is 0.728. The molecule has 1 aromatic heterocycles. The lowest BCUT2D eigenvalue weighted by Crippen LogP contribution is -2.03. The van der Waals surface area contributed by atoms with Crippen LogP contribution in [-0.2, 0) is 0 Å². The maximum atomic E-state index is 5.66. The molecule has 1 atom stereocenters. The van der Waals surface area contributed by atoms with Crippen molar-refractivity contribution in [3.8, 4) is 0 Å². The second kappa shape index (κ2) is 2.53. The second-order valence-corrected chi connectivity index (χ2v) is 4.08. The maximum absolute atomic E-state index is 5.66. The fourth-order valence-electron chi connectivity index (χ4n) is 0.926. The van der Waals surface area contributed by atoms with Crippen LogP contribution >= 0.6 is 11.3 Å². The highest BCUT2D eigenvalue weighted by Crippen LogP contribution is 2.41. The lowest BCUT2D eigenvalue weighted by molar-refractivity contribution is 0.781. The first-order chi connectivity index (χ1) is 5.27. The molecule has 4 heteroatoms. The molecule has 60 valence electrons. The van der Waals surface area contributed by atoms with Gasteiger partial charge in [-0.25, -0.2) is 0 Å². The van der Waals surface area contributed by atoms with Crippen LogP contribution in [0, 0.1) is 0 Å². The summed E-state index contributed by atoms with van der Waals surface area (Å²) >= 11 is 1.66. The van der Waals surface area contributed by atoms with Crippen molar-refractivity contribution >= 4 is 11.3 Å².